The second-order valence-electron chi connectivity index (χ2n) is 8.60. The molecule has 3 atom stereocenters. The van der Waals surface area contributed by atoms with Crippen LogP contribution in [0.25, 0.3) is 16.8 Å². The van der Waals surface area contributed by atoms with E-state index in [1.165, 1.54) is 0 Å². The van der Waals surface area contributed by atoms with Gasteiger partial charge in [-0.3, -0.25) is 14.0 Å². The Morgan fingerprint density at radius 3 is 2.61 bits per heavy atom. The SMILES string of the molecule is CC[C@@H]1C[C@H](Nc2c(NC3COC3)c(=O)c2=O)CC1c1nnc2cnc3[nH]ccc3n12. The highest BCUT2D eigenvalue weighted by molar-refractivity contribution is 5.75. The number of hydrogen-bond acceptors (Lipinski definition) is 8. The Bertz CT molecular complexity index is 1340. The quantitative estimate of drug-likeness (QED) is 0.399. The van der Waals surface area contributed by atoms with E-state index in [-0.39, 0.29) is 18.0 Å². The van der Waals surface area contributed by atoms with Crippen molar-refractivity contribution in [3.8, 4) is 0 Å². The predicted molar refractivity (Wildman–Crippen MR) is 115 cm³/mol. The van der Waals surface area contributed by atoms with E-state index in [2.05, 4.69) is 42.1 Å². The molecule has 1 aromatic carbocycles. The van der Waals surface area contributed by atoms with Gasteiger partial charge < -0.3 is 20.4 Å². The van der Waals surface area contributed by atoms with Crippen molar-refractivity contribution in [3.63, 3.8) is 0 Å². The van der Waals surface area contributed by atoms with Gasteiger partial charge in [0.2, 0.25) is 0 Å². The largest absolute Gasteiger partial charge is 0.377 e. The lowest BCUT2D eigenvalue weighted by Gasteiger charge is -2.29. The van der Waals surface area contributed by atoms with Crippen LogP contribution in [0.15, 0.2) is 28.0 Å². The molecule has 1 saturated carbocycles. The van der Waals surface area contributed by atoms with Gasteiger partial charge in [0, 0.05) is 18.2 Å². The number of nitrogens with one attached hydrogen (secondary N) is 3. The Hall–Kier alpha value is -3.27. The average Bonchev–Trinajstić information content (AvgIpc) is 3.47. The Balaban J connectivity index is 1.29. The Morgan fingerprint density at radius 2 is 1.90 bits per heavy atom. The maximum Gasteiger partial charge on any atom is 0.253 e. The van der Waals surface area contributed by atoms with Crippen LogP contribution in [0, 0.1) is 5.92 Å². The van der Waals surface area contributed by atoms with Crippen molar-refractivity contribution in [2.75, 3.05) is 23.8 Å². The zero-order valence-corrected chi connectivity index (χ0v) is 17.1. The summed E-state index contributed by atoms with van der Waals surface area (Å²) in [7, 11) is 0. The molecule has 31 heavy (non-hydrogen) atoms. The number of nitrogens with zero attached hydrogens (tertiary/aromatic N) is 4. The van der Waals surface area contributed by atoms with Crippen molar-refractivity contribution in [2.24, 2.45) is 5.92 Å². The molecule has 10 nitrogen and oxygen atoms in total. The van der Waals surface area contributed by atoms with Crippen LogP contribution in [0.3, 0.4) is 0 Å². The van der Waals surface area contributed by atoms with Crippen LogP contribution >= 0.6 is 0 Å². The molecular weight excluding hydrogens is 398 g/mol. The minimum absolute atomic E-state index is 0.0901. The number of fused-ring (bicyclic) bond motifs is 3. The summed E-state index contributed by atoms with van der Waals surface area (Å²) < 4.78 is 7.23. The summed E-state index contributed by atoms with van der Waals surface area (Å²) in [5.74, 6) is 1.52. The molecule has 6 rings (SSSR count). The molecule has 0 spiro atoms. The molecule has 1 aliphatic carbocycles. The summed E-state index contributed by atoms with van der Waals surface area (Å²) in [6.45, 7) is 3.30. The fourth-order valence-electron chi connectivity index (χ4n) is 5.04. The van der Waals surface area contributed by atoms with E-state index >= 15 is 0 Å². The maximum absolute atomic E-state index is 12.2. The topological polar surface area (TPSA) is 126 Å². The van der Waals surface area contributed by atoms with E-state index in [1.807, 2.05) is 12.3 Å². The number of aromatic amines is 1. The van der Waals surface area contributed by atoms with Crippen LogP contribution in [0.5, 0.6) is 0 Å². The van der Waals surface area contributed by atoms with E-state index in [0.717, 1.165) is 41.9 Å². The summed E-state index contributed by atoms with van der Waals surface area (Å²) in [5.41, 5.74) is 2.43. The molecule has 0 amide bonds. The minimum atomic E-state index is -0.443. The molecule has 1 unspecified atom stereocenters. The lowest BCUT2D eigenvalue weighted by molar-refractivity contribution is 0.0210. The van der Waals surface area contributed by atoms with Crippen LogP contribution in [0.1, 0.15) is 37.9 Å². The van der Waals surface area contributed by atoms with Gasteiger partial charge in [-0.05, 0) is 24.8 Å². The van der Waals surface area contributed by atoms with Gasteiger partial charge in [-0.25, -0.2) is 4.98 Å². The zero-order valence-electron chi connectivity index (χ0n) is 17.1. The van der Waals surface area contributed by atoms with Crippen molar-refractivity contribution in [1.82, 2.24) is 24.6 Å². The molecule has 3 aromatic heterocycles. The normalized spacial score (nSPS) is 24.2. The third kappa shape index (κ3) is 2.78. The molecular formula is C21H23N7O3. The Labute approximate surface area is 176 Å². The lowest BCUT2D eigenvalue weighted by atomic mass is 9.93. The summed E-state index contributed by atoms with van der Waals surface area (Å²) in [5, 5.41) is 15.4. The van der Waals surface area contributed by atoms with Gasteiger partial charge >= 0.3 is 0 Å². The number of H-pyrrole nitrogens is 1. The molecule has 2 fully saturated rings. The van der Waals surface area contributed by atoms with Crippen molar-refractivity contribution in [3.05, 3.63) is 44.7 Å². The van der Waals surface area contributed by atoms with Crippen molar-refractivity contribution >= 4 is 28.2 Å². The summed E-state index contributed by atoms with van der Waals surface area (Å²) in [6, 6.07) is 2.18. The number of hydrogen-bond donors (Lipinski definition) is 3. The van der Waals surface area contributed by atoms with Gasteiger partial charge in [-0.1, -0.05) is 13.3 Å². The fourth-order valence-corrected chi connectivity index (χ4v) is 5.04. The van der Waals surface area contributed by atoms with Crippen LogP contribution in [0.2, 0.25) is 0 Å². The van der Waals surface area contributed by atoms with Gasteiger partial charge in [0.05, 0.1) is 31.0 Å². The molecule has 10 heteroatoms. The second kappa shape index (κ2) is 6.88. The second-order valence-corrected chi connectivity index (χ2v) is 8.60. The van der Waals surface area contributed by atoms with Crippen LogP contribution in [0.4, 0.5) is 11.4 Å². The summed E-state index contributed by atoms with van der Waals surface area (Å²) in [4.78, 5) is 31.8. The predicted octanol–water partition coefficient (Wildman–Crippen LogP) is 1.40. The molecule has 4 heterocycles. The first-order chi connectivity index (χ1) is 15.1. The number of aromatic nitrogens is 5. The summed E-state index contributed by atoms with van der Waals surface area (Å²) >= 11 is 0. The van der Waals surface area contributed by atoms with E-state index in [1.54, 1.807) is 6.20 Å². The third-order valence-electron chi connectivity index (χ3n) is 6.76. The maximum atomic E-state index is 12.2. The highest BCUT2D eigenvalue weighted by Crippen LogP contribution is 2.42. The molecule has 0 radical (unpaired) electrons. The van der Waals surface area contributed by atoms with Crippen molar-refractivity contribution in [1.29, 1.82) is 0 Å². The van der Waals surface area contributed by atoms with Crippen LogP contribution in [-0.2, 0) is 4.74 Å². The van der Waals surface area contributed by atoms with Gasteiger partial charge in [-0.2, -0.15) is 0 Å². The van der Waals surface area contributed by atoms with Gasteiger partial charge in [0.1, 0.15) is 17.2 Å². The van der Waals surface area contributed by atoms with Crippen LogP contribution in [-0.4, -0.2) is 49.9 Å². The standard InChI is InChI=1S/C21H23N7O3/c1-2-10-5-11(24-16-17(19(30)18(16)29)25-12-8-31-9-12)6-13(10)21-27-26-15-7-23-20-14(28(15)21)3-4-22-20/h3-4,7,10-13,22,24-25H,2,5-6,8-9H2,1H3/t10-,11+,13?/m1/s1. The van der Waals surface area contributed by atoms with E-state index in [4.69, 9.17) is 4.74 Å². The van der Waals surface area contributed by atoms with Crippen LogP contribution < -0.4 is 21.5 Å². The van der Waals surface area contributed by atoms with Crippen molar-refractivity contribution in [2.45, 2.75) is 44.2 Å². The molecule has 1 saturated heterocycles. The third-order valence-corrected chi connectivity index (χ3v) is 6.76. The molecule has 3 N–H and O–H groups in total. The number of ether oxygens (including phenoxy) is 1. The highest BCUT2D eigenvalue weighted by atomic mass is 16.5. The first kappa shape index (κ1) is 18.5. The molecule has 4 aromatic rings. The van der Waals surface area contributed by atoms with Gasteiger partial charge in [0.25, 0.3) is 10.9 Å². The van der Waals surface area contributed by atoms with E-state index in [0.29, 0.717) is 30.5 Å². The average molecular weight is 421 g/mol. The Kier molecular flexibility index (Phi) is 4.10. The van der Waals surface area contributed by atoms with E-state index in [9.17, 15) is 9.59 Å². The van der Waals surface area contributed by atoms with Crippen molar-refractivity contribution < 1.29 is 4.74 Å². The Morgan fingerprint density at radius 1 is 1.13 bits per heavy atom. The molecule has 0 bridgehead atoms. The first-order valence-corrected chi connectivity index (χ1v) is 10.7. The lowest BCUT2D eigenvalue weighted by Crippen LogP contribution is -2.46. The summed E-state index contributed by atoms with van der Waals surface area (Å²) in [6.07, 6.45) is 6.31. The smallest absolute Gasteiger partial charge is 0.253 e. The molecule has 2 aliphatic rings. The monoisotopic (exact) mass is 421 g/mol. The zero-order chi connectivity index (χ0) is 21.1. The first-order valence-electron chi connectivity index (χ1n) is 10.7. The molecule has 1 aliphatic heterocycles. The highest BCUT2D eigenvalue weighted by Gasteiger charge is 2.38. The van der Waals surface area contributed by atoms with Gasteiger partial charge in [0.15, 0.2) is 11.3 Å². The van der Waals surface area contributed by atoms with E-state index < -0.39 is 10.9 Å². The number of anilines is 2. The fraction of sp³-hybridized carbons (Fsp3) is 0.476. The number of rotatable bonds is 6. The minimum Gasteiger partial charge on any atom is -0.377 e. The van der Waals surface area contributed by atoms with Gasteiger partial charge in [-0.15, -0.1) is 10.2 Å². The molecule has 160 valence electrons.